The molecule has 1 heterocycles. The van der Waals surface area contributed by atoms with Gasteiger partial charge in [-0.1, -0.05) is 182 Å². The lowest BCUT2D eigenvalue weighted by atomic mass is 9.96. The fourth-order valence-corrected chi connectivity index (χ4v) is 8.93. The van der Waals surface area contributed by atoms with Crippen LogP contribution in [0, 0.1) is 0 Å². The number of fused-ring (bicyclic) bond motifs is 5. The lowest BCUT2D eigenvalue weighted by Crippen LogP contribution is -2.10. The molecule has 0 radical (unpaired) electrons. The number of hydrogen-bond donors (Lipinski definition) is 0. The summed E-state index contributed by atoms with van der Waals surface area (Å²) in [5.74, 6) is 0. The molecule has 0 spiro atoms. The number of nitrogens with zero attached hydrogens (tertiary/aromatic N) is 1. The first-order chi connectivity index (χ1) is 33.8. The van der Waals surface area contributed by atoms with Gasteiger partial charge in [-0.2, -0.15) is 0 Å². The van der Waals surface area contributed by atoms with E-state index in [4.69, 9.17) is 0 Å². The number of rotatable bonds is 7. The van der Waals surface area contributed by atoms with Crippen molar-refractivity contribution in [2.24, 2.45) is 0 Å². The SMILES string of the molecule is [2H]c1c([2H])c(-c2cccc3c2sc2ccccc23)c([2H])c(N(c2c([2H])c([2H])c(-c3ccc(-c4cccc5ccccc45)cc3)c([2H])c2[2H])c2c([2H])c([2H])c(-c3cccc4ccccc34)c([2H])c2[2H])c1[2H]. The first-order valence-electron chi connectivity index (χ1n) is 24.9. The molecule has 0 aliphatic carbocycles. The molecule has 272 valence electrons. The number of hydrogen-bond acceptors (Lipinski definition) is 2. The zero-order valence-electron chi connectivity index (χ0n) is 42.8. The van der Waals surface area contributed by atoms with Gasteiger partial charge in [0.05, 0.1) is 16.4 Å². The minimum absolute atomic E-state index is 0.0330. The van der Waals surface area contributed by atoms with Crippen molar-refractivity contribution in [2.45, 2.75) is 0 Å². The van der Waals surface area contributed by atoms with Gasteiger partial charge in [0.1, 0.15) is 0 Å². The van der Waals surface area contributed by atoms with E-state index < -0.39 is 89.6 Å². The summed E-state index contributed by atoms with van der Waals surface area (Å²) in [4.78, 5) is 0.915. The molecule has 11 aromatic rings. The molecule has 0 saturated heterocycles. The third kappa shape index (κ3) is 6.03. The summed E-state index contributed by atoms with van der Waals surface area (Å²) in [7, 11) is 0. The highest BCUT2D eigenvalue weighted by Crippen LogP contribution is 2.43. The van der Waals surface area contributed by atoms with Gasteiger partial charge in [-0.05, 0) is 108 Å². The van der Waals surface area contributed by atoms with E-state index in [1.807, 2.05) is 109 Å². The van der Waals surface area contributed by atoms with Crippen LogP contribution in [-0.2, 0) is 0 Å². The Kier molecular flexibility index (Phi) is 5.87. The highest BCUT2D eigenvalue weighted by Gasteiger charge is 2.17. The summed E-state index contributed by atoms with van der Waals surface area (Å²) in [5, 5.41) is 5.33. The Morgan fingerprint density at radius 3 is 1.55 bits per heavy atom. The molecule has 10 aromatic carbocycles. The Hall–Kier alpha value is -7.26. The van der Waals surface area contributed by atoms with Crippen LogP contribution in [0.2, 0.25) is 0 Å². The van der Waals surface area contributed by atoms with Crippen molar-refractivity contribution in [3.05, 3.63) is 224 Å². The van der Waals surface area contributed by atoms with Crippen molar-refractivity contribution in [1.29, 1.82) is 0 Å². The lowest BCUT2D eigenvalue weighted by Gasteiger charge is -2.26. The summed E-state index contributed by atoms with van der Waals surface area (Å²) < 4.78 is 117. The van der Waals surface area contributed by atoms with E-state index in [0.717, 1.165) is 47.7 Å². The zero-order valence-corrected chi connectivity index (χ0v) is 31.6. The molecule has 0 saturated carbocycles. The van der Waals surface area contributed by atoms with Crippen LogP contribution in [-0.4, -0.2) is 0 Å². The van der Waals surface area contributed by atoms with Crippen LogP contribution in [0.3, 0.4) is 0 Å². The molecule has 1 aromatic heterocycles. The second kappa shape index (κ2) is 14.4. The molecule has 0 unspecified atom stereocenters. The van der Waals surface area contributed by atoms with Crippen LogP contribution in [0.1, 0.15) is 16.4 Å². The van der Waals surface area contributed by atoms with E-state index in [0.29, 0.717) is 26.8 Å². The topological polar surface area (TPSA) is 3.24 Å². The van der Waals surface area contributed by atoms with Gasteiger partial charge in [0.25, 0.3) is 0 Å². The minimum atomic E-state index is -0.720. The van der Waals surface area contributed by atoms with Crippen LogP contribution >= 0.6 is 11.3 Å². The first-order valence-corrected chi connectivity index (χ1v) is 19.7. The van der Waals surface area contributed by atoms with Crippen molar-refractivity contribution in [3.8, 4) is 44.5 Å². The maximum absolute atomic E-state index is 9.99. The van der Waals surface area contributed by atoms with Gasteiger partial charge in [0.2, 0.25) is 0 Å². The van der Waals surface area contributed by atoms with Gasteiger partial charge in [-0.15, -0.1) is 11.3 Å². The average molecular weight is 768 g/mol. The second-order valence-corrected chi connectivity index (χ2v) is 15.0. The van der Waals surface area contributed by atoms with Crippen LogP contribution in [0.25, 0.3) is 86.2 Å². The van der Waals surface area contributed by atoms with E-state index in [-0.39, 0.29) is 16.7 Å². The third-order valence-electron chi connectivity index (χ3n) is 10.5. The Bertz CT molecular complexity index is 3930. The molecule has 1 nitrogen and oxygen atoms in total. The van der Waals surface area contributed by atoms with Gasteiger partial charge in [0, 0.05) is 37.2 Å². The average Bonchev–Trinajstić information content (AvgIpc) is 3.77. The number of anilines is 3. The summed E-state index contributed by atoms with van der Waals surface area (Å²) >= 11 is 1.43. The highest BCUT2D eigenvalue weighted by atomic mass is 32.1. The van der Waals surface area contributed by atoms with E-state index in [1.165, 1.54) is 11.3 Å². The van der Waals surface area contributed by atoms with E-state index in [2.05, 4.69) is 0 Å². The summed E-state index contributed by atoms with van der Waals surface area (Å²) in [5.41, 5.74) is 1.24. The van der Waals surface area contributed by atoms with Gasteiger partial charge in [0.15, 0.2) is 0 Å². The predicted octanol–water partition coefficient (Wildman–Crippen LogP) is 16.5. The van der Waals surface area contributed by atoms with Gasteiger partial charge < -0.3 is 4.90 Å². The Morgan fingerprint density at radius 2 is 0.862 bits per heavy atom. The molecule has 58 heavy (non-hydrogen) atoms. The molecule has 0 aliphatic heterocycles. The first kappa shape index (κ1) is 23.7. The summed E-state index contributed by atoms with van der Waals surface area (Å²) in [6.07, 6.45) is 0. The Morgan fingerprint density at radius 1 is 0.345 bits per heavy atom. The number of thiophene rings is 1. The highest BCUT2D eigenvalue weighted by molar-refractivity contribution is 7.26. The third-order valence-corrected chi connectivity index (χ3v) is 11.7. The molecule has 0 aliphatic rings. The Balaban J connectivity index is 1.18. The smallest absolute Gasteiger partial charge is 0.0651 e. The van der Waals surface area contributed by atoms with Crippen molar-refractivity contribution in [2.75, 3.05) is 4.90 Å². The van der Waals surface area contributed by atoms with Gasteiger partial charge >= 0.3 is 0 Å². The molecule has 11 rings (SSSR count). The van der Waals surface area contributed by atoms with Crippen LogP contribution < -0.4 is 4.90 Å². The van der Waals surface area contributed by atoms with Crippen molar-refractivity contribution >= 4 is 70.1 Å². The van der Waals surface area contributed by atoms with E-state index >= 15 is 0 Å². The van der Waals surface area contributed by atoms with Crippen LogP contribution in [0.15, 0.2) is 224 Å². The molecule has 0 atom stereocenters. The quantitative estimate of drug-likeness (QED) is 0.156. The van der Waals surface area contributed by atoms with Crippen molar-refractivity contribution < 1.29 is 16.4 Å². The summed E-state index contributed by atoms with van der Waals surface area (Å²) in [6.45, 7) is 0. The molecule has 2 heteroatoms. The fourth-order valence-electron chi connectivity index (χ4n) is 7.71. The zero-order chi connectivity index (χ0) is 48.9. The fraction of sp³-hybridized carbons (Fsp3) is 0. The van der Waals surface area contributed by atoms with E-state index in [1.54, 1.807) is 42.5 Å². The molecular weight excluding hydrogens is 719 g/mol. The largest absolute Gasteiger partial charge is 0.310 e. The maximum atomic E-state index is 9.99. The van der Waals surface area contributed by atoms with Crippen molar-refractivity contribution in [3.63, 3.8) is 0 Å². The van der Waals surface area contributed by atoms with Crippen molar-refractivity contribution in [1.82, 2.24) is 0 Å². The monoisotopic (exact) mass is 767 g/mol. The van der Waals surface area contributed by atoms with Crippen LogP contribution in [0.4, 0.5) is 17.1 Å². The molecule has 0 amide bonds. The maximum Gasteiger partial charge on any atom is 0.0651 e. The molecular formula is C56H37NS. The normalized spacial score (nSPS) is 14.3. The molecule has 0 N–H and O–H groups in total. The van der Waals surface area contributed by atoms with E-state index in [9.17, 15) is 16.4 Å². The molecule has 0 fully saturated rings. The lowest BCUT2D eigenvalue weighted by molar-refractivity contribution is 1.28. The Labute approximate surface area is 359 Å². The van der Waals surface area contributed by atoms with Gasteiger partial charge in [-0.25, -0.2) is 0 Å². The second-order valence-electron chi connectivity index (χ2n) is 13.9. The standard InChI is InChI=1S/C56H37NS/c1-3-17-48-40(11-1)13-8-20-50(48)42-27-25-38(26-28-42)39-29-33-45(34-30-39)57(46-35-31-43(32-36-46)51-21-9-14-41-12-2-4-18-49(41)51)47-16-7-15-44(37-47)52-22-10-23-54-53-19-5-6-24-55(53)58-56(52)54/h1-37H/i7D,15D,16D,29D,30D,31D,32D,33D,34D,35D,36D,37D. The van der Waals surface area contributed by atoms with Crippen LogP contribution in [0.5, 0.6) is 0 Å². The molecule has 0 bridgehead atoms. The van der Waals surface area contributed by atoms with Gasteiger partial charge in [-0.3, -0.25) is 0 Å². The summed E-state index contributed by atoms with van der Waals surface area (Å²) in [6, 6.07) is 40.0. The number of benzene rings is 10. The minimum Gasteiger partial charge on any atom is -0.310 e. The predicted molar refractivity (Wildman–Crippen MR) is 251 cm³/mol.